The molecular formula is C18H22F3N5O4. The van der Waals surface area contributed by atoms with Crippen molar-refractivity contribution in [1.29, 1.82) is 0 Å². The van der Waals surface area contributed by atoms with E-state index >= 15 is 0 Å². The first-order valence-electron chi connectivity index (χ1n) is 9.27. The zero-order valence-electron chi connectivity index (χ0n) is 16.3. The molecule has 2 amide bonds. The van der Waals surface area contributed by atoms with E-state index in [-0.39, 0.29) is 29.0 Å². The number of halogens is 3. The van der Waals surface area contributed by atoms with E-state index in [1.54, 1.807) is 0 Å². The average Bonchev–Trinajstić information content (AvgIpc) is 3.08. The second-order valence-corrected chi connectivity index (χ2v) is 7.05. The van der Waals surface area contributed by atoms with Gasteiger partial charge in [-0.15, -0.1) is 0 Å². The Bertz CT molecular complexity index is 946. The number of hydrogen-bond acceptors (Lipinski definition) is 5. The molecule has 0 radical (unpaired) electrons. The molecule has 12 heteroatoms. The summed E-state index contributed by atoms with van der Waals surface area (Å²) in [7, 11) is 1.34. The molecule has 2 atom stereocenters. The quantitative estimate of drug-likeness (QED) is 0.580. The lowest BCUT2D eigenvalue weighted by Gasteiger charge is -2.36. The lowest BCUT2D eigenvalue weighted by molar-refractivity contribution is -0.137. The molecule has 2 unspecified atom stereocenters. The molecule has 3 rings (SSSR count). The Morgan fingerprint density at radius 1 is 1.43 bits per heavy atom. The van der Waals surface area contributed by atoms with Crippen LogP contribution in [0.3, 0.4) is 0 Å². The molecule has 1 aliphatic rings. The lowest BCUT2D eigenvalue weighted by atomic mass is 10.0. The van der Waals surface area contributed by atoms with Crippen LogP contribution in [0.5, 0.6) is 0 Å². The number of fused-ring (bicyclic) bond motifs is 1. The van der Waals surface area contributed by atoms with Crippen molar-refractivity contribution in [2.24, 2.45) is 0 Å². The van der Waals surface area contributed by atoms with Crippen molar-refractivity contribution < 1.29 is 32.6 Å². The Labute approximate surface area is 169 Å². The molecule has 4 N–H and O–H groups in total. The van der Waals surface area contributed by atoms with E-state index in [2.05, 4.69) is 20.6 Å². The van der Waals surface area contributed by atoms with Gasteiger partial charge in [-0.05, 0) is 19.8 Å². The van der Waals surface area contributed by atoms with E-state index in [1.807, 2.05) is 0 Å². The SMILES string of the molecule is COC(C)C(=O)Nc1c[nH]c2ncc(C(F)(F)F)c(N3CCCC(NC(=O)O)C3)c12. The molecule has 3 heterocycles. The number of hydrogen-bond donors (Lipinski definition) is 4. The van der Waals surface area contributed by atoms with E-state index in [1.165, 1.54) is 25.1 Å². The van der Waals surface area contributed by atoms with E-state index in [4.69, 9.17) is 9.84 Å². The second-order valence-electron chi connectivity index (χ2n) is 7.05. The van der Waals surface area contributed by atoms with Crippen molar-refractivity contribution in [2.45, 2.75) is 38.1 Å². The highest BCUT2D eigenvalue weighted by molar-refractivity contribution is 6.08. The molecule has 2 aromatic heterocycles. The van der Waals surface area contributed by atoms with Crippen LogP contribution >= 0.6 is 0 Å². The zero-order valence-corrected chi connectivity index (χ0v) is 16.3. The molecule has 30 heavy (non-hydrogen) atoms. The van der Waals surface area contributed by atoms with Crippen molar-refractivity contribution in [2.75, 3.05) is 30.4 Å². The Kier molecular flexibility index (Phi) is 6.06. The van der Waals surface area contributed by atoms with Crippen LogP contribution in [0, 0.1) is 0 Å². The number of pyridine rings is 1. The number of H-pyrrole nitrogens is 1. The topological polar surface area (TPSA) is 120 Å². The summed E-state index contributed by atoms with van der Waals surface area (Å²) in [5.41, 5.74) is -0.792. The molecule has 1 fully saturated rings. The van der Waals surface area contributed by atoms with Gasteiger partial charge in [-0.25, -0.2) is 9.78 Å². The number of aromatic nitrogens is 2. The van der Waals surface area contributed by atoms with E-state index in [9.17, 15) is 22.8 Å². The van der Waals surface area contributed by atoms with Gasteiger partial charge in [0.2, 0.25) is 0 Å². The first-order valence-corrected chi connectivity index (χ1v) is 9.27. The standard InChI is InChI=1S/C18H22F3N5O4/c1-9(30-2)16(27)25-12-7-23-15-13(12)14(11(6-22-15)18(19,20)21)26-5-3-4-10(8-26)24-17(28)29/h6-7,9-10,24H,3-5,8H2,1-2H3,(H,22,23)(H,25,27)(H,28,29). The fourth-order valence-electron chi connectivity index (χ4n) is 3.53. The number of alkyl halides is 3. The van der Waals surface area contributed by atoms with Gasteiger partial charge in [-0.3, -0.25) is 4.79 Å². The molecule has 0 saturated carbocycles. The maximum atomic E-state index is 13.8. The second kappa shape index (κ2) is 8.38. The molecular weight excluding hydrogens is 407 g/mol. The van der Waals surface area contributed by atoms with Crippen LogP contribution in [0.2, 0.25) is 0 Å². The molecule has 2 aromatic rings. The number of nitrogens with one attached hydrogen (secondary N) is 3. The van der Waals surface area contributed by atoms with Crippen molar-refractivity contribution in [3.63, 3.8) is 0 Å². The summed E-state index contributed by atoms with van der Waals surface area (Å²) in [4.78, 5) is 31.4. The first kappa shape index (κ1) is 21.7. The number of ether oxygens (including phenoxy) is 1. The summed E-state index contributed by atoms with van der Waals surface area (Å²) < 4.78 is 46.4. The van der Waals surface area contributed by atoms with Crippen molar-refractivity contribution in [3.05, 3.63) is 18.0 Å². The van der Waals surface area contributed by atoms with Crippen molar-refractivity contribution >= 4 is 34.4 Å². The van der Waals surface area contributed by atoms with Gasteiger partial charge in [-0.2, -0.15) is 13.2 Å². The summed E-state index contributed by atoms with van der Waals surface area (Å²) >= 11 is 0. The molecule has 0 spiro atoms. The molecule has 0 bridgehead atoms. The highest BCUT2D eigenvalue weighted by Crippen LogP contribution is 2.43. The molecule has 0 aromatic carbocycles. The third kappa shape index (κ3) is 4.42. The lowest BCUT2D eigenvalue weighted by Crippen LogP contribution is -2.48. The molecule has 164 valence electrons. The van der Waals surface area contributed by atoms with Gasteiger partial charge in [0.15, 0.2) is 0 Å². The van der Waals surface area contributed by atoms with Gasteiger partial charge in [0.25, 0.3) is 5.91 Å². The van der Waals surface area contributed by atoms with Crippen LogP contribution in [0.15, 0.2) is 12.4 Å². The number of methoxy groups -OCH3 is 1. The maximum Gasteiger partial charge on any atom is 0.419 e. The van der Waals surface area contributed by atoms with Gasteiger partial charge >= 0.3 is 12.3 Å². The molecule has 9 nitrogen and oxygen atoms in total. The highest BCUT2D eigenvalue weighted by Gasteiger charge is 2.38. The Morgan fingerprint density at radius 3 is 2.80 bits per heavy atom. The average molecular weight is 429 g/mol. The van der Waals surface area contributed by atoms with Crippen LogP contribution in [0.4, 0.5) is 29.3 Å². The normalized spacial score (nSPS) is 18.3. The summed E-state index contributed by atoms with van der Waals surface area (Å²) in [5, 5.41) is 14.0. The summed E-state index contributed by atoms with van der Waals surface area (Å²) in [5.74, 6) is -0.522. The molecule has 0 aliphatic carbocycles. The third-order valence-electron chi connectivity index (χ3n) is 5.03. The minimum Gasteiger partial charge on any atom is -0.465 e. The molecule has 1 saturated heterocycles. The summed E-state index contributed by atoms with van der Waals surface area (Å²) in [6.45, 7) is 1.87. The maximum absolute atomic E-state index is 13.8. The van der Waals surface area contributed by atoms with Crippen LogP contribution < -0.4 is 15.5 Å². The van der Waals surface area contributed by atoms with Crippen molar-refractivity contribution in [3.8, 4) is 0 Å². The van der Waals surface area contributed by atoms with E-state index in [0.717, 1.165) is 6.20 Å². The minimum absolute atomic E-state index is 0.0571. The number of rotatable bonds is 5. The van der Waals surface area contributed by atoms with E-state index in [0.29, 0.717) is 19.4 Å². The predicted molar refractivity (Wildman–Crippen MR) is 103 cm³/mol. The monoisotopic (exact) mass is 429 g/mol. The highest BCUT2D eigenvalue weighted by atomic mass is 19.4. The minimum atomic E-state index is -4.69. The van der Waals surface area contributed by atoms with Gasteiger partial charge in [-0.1, -0.05) is 0 Å². The Hall–Kier alpha value is -3.02. The Morgan fingerprint density at radius 2 is 2.17 bits per heavy atom. The number of amides is 2. The fraction of sp³-hybridized carbons (Fsp3) is 0.500. The number of carboxylic acid groups (broad SMARTS) is 1. The molecule has 1 aliphatic heterocycles. The van der Waals surface area contributed by atoms with Crippen LogP contribution in [-0.2, 0) is 15.7 Å². The summed E-state index contributed by atoms with van der Waals surface area (Å²) in [6, 6.07) is -0.522. The van der Waals surface area contributed by atoms with Gasteiger partial charge in [0, 0.05) is 38.6 Å². The summed E-state index contributed by atoms with van der Waals surface area (Å²) in [6.07, 6.45) is -3.61. The van der Waals surface area contributed by atoms with Crippen LogP contribution in [0.1, 0.15) is 25.3 Å². The zero-order chi connectivity index (χ0) is 22.1. The number of anilines is 2. The number of aromatic amines is 1. The third-order valence-corrected chi connectivity index (χ3v) is 5.03. The van der Waals surface area contributed by atoms with E-state index < -0.39 is 35.9 Å². The van der Waals surface area contributed by atoms with Crippen LogP contribution in [0.25, 0.3) is 11.0 Å². The number of carbonyl (C=O) groups excluding carboxylic acids is 1. The van der Waals surface area contributed by atoms with Gasteiger partial charge in [0.1, 0.15) is 11.8 Å². The largest absolute Gasteiger partial charge is 0.465 e. The number of nitrogens with zero attached hydrogens (tertiary/aromatic N) is 2. The van der Waals surface area contributed by atoms with Gasteiger partial charge < -0.3 is 30.4 Å². The fourth-order valence-corrected chi connectivity index (χ4v) is 3.53. The first-order chi connectivity index (χ1) is 14.1. The van der Waals surface area contributed by atoms with Crippen molar-refractivity contribution in [1.82, 2.24) is 15.3 Å². The Balaban J connectivity index is 2.10. The number of carbonyl (C=O) groups is 2. The number of piperidine rings is 1. The predicted octanol–water partition coefficient (Wildman–Crippen LogP) is 2.79. The smallest absolute Gasteiger partial charge is 0.419 e. The van der Waals surface area contributed by atoms with Crippen LogP contribution in [-0.4, -0.2) is 59.4 Å². The van der Waals surface area contributed by atoms with Gasteiger partial charge in [0.05, 0.1) is 22.3 Å².